The summed E-state index contributed by atoms with van der Waals surface area (Å²) < 4.78 is 15.4. The van der Waals surface area contributed by atoms with Crippen LogP contribution in [0.4, 0.5) is 10.2 Å². The topological polar surface area (TPSA) is 70.7 Å². The fourth-order valence-electron chi connectivity index (χ4n) is 2.84. The van der Waals surface area contributed by atoms with E-state index in [0.717, 1.165) is 5.56 Å². The quantitative estimate of drug-likeness (QED) is 0.729. The fraction of sp³-hybridized carbons (Fsp3) is 0.227. The van der Waals surface area contributed by atoms with E-state index in [2.05, 4.69) is 49.3 Å². The first kappa shape index (κ1) is 19.3. The van der Waals surface area contributed by atoms with E-state index in [4.69, 9.17) is 0 Å². The molecule has 0 aliphatic carbocycles. The summed E-state index contributed by atoms with van der Waals surface area (Å²) in [7, 11) is 0. The Morgan fingerprint density at radius 2 is 1.86 bits per heavy atom. The Morgan fingerprint density at radius 1 is 1.18 bits per heavy atom. The van der Waals surface area contributed by atoms with Gasteiger partial charge in [-0.15, -0.1) is 0 Å². The van der Waals surface area contributed by atoms with Gasteiger partial charge in [0.25, 0.3) is 5.91 Å². The minimum absolute atomic E-state index is 0.0650. The molecular formula is C22H21FN4O. The van der Waals surface area contributed by atoms with Crippen molar-refractivity contribution in [3.63, 3.8) is 0 Å². The molecule has 5 nitrogen and oxygen atoms in total. The third-order valence-electron chi connectivity index (χ3n) is 4.47. The maximum Gasteiger partial charge on any atom is 0.259 e. The molecule has 3 aromatic rings. The highest BCUT2D eigenvalue weighted by Crippen LogP contribution is 2.23. The summed E-state index contributed by atoms with van der Waals surface area (Å²) in [6, 6.07) is 15.9. The van der Waals surface area contributed by atoms with Crippen molar-refractivity contribution in [2.45, 2.75) is 32.7 Å². The minimum atomic E-state index is -0.644. The number of halogens is 1. The number of nitrogens with zero attached hydrogens (tertiary/aromatic N) is 3. The number of carbonyl (C=O) groups is 1. The SMILES string of the molecule is CC(C)(C)c1ccc(Cn2cnc(NC(=O)c3ccccc3F)c2C#N)cc1. The van der Waals surface area contributed by atoms with Crippen molar-refractivity contribution >= 4 is 11.7 Å². The van der Waals surface area contributed by atoms with E-state index in [1.165, 1.54) is 30.1 Å². The van der Waals surface area contributed by atoms with Crippen molar-refractivity contribution in [3.05, 3.63) is 83.1 Å². The number of anilines is 1. The molecule has 0 aliphatic heterocycles. The lowest BCUT2D eigenvalue weighted by Gasteiger charge is -2.19. The average Bonchev–Trinajstić information content (AvgIpc) is 3.02. The summed E-state index contributed by atoms with van der Waals surface area (Å²) in [4.78, 5) is 16.4. The molecule has 0 radical (unpaired) electrons. The van der Waals surface area contributed by atoms with Crippen molar-refractivity contribution in [1.82, 2.24) is 9.55 Å². The molecule has 6 heteroatoms. The highest BCUT2D eigenvalue weighted by atomic mass is 19.1. The molecule has 142 valence electrons. The maximum atomic E-state index is 13.8. The van der Waals surface area contributed by atoms with E-state index in [0.29, 0.717) is 6.54 Å². The van der Waals surface area contributed by atoms with Crippen LogP contribution in [0.15, 0.2) is 54.9 Å². The second-order valence-corrected chi connectivity index (χ2v) is 7.56. The van der Waals surface area contributed by atoms with Crippen LogP contribution in [0, 0.1) is 17.1 Å². The van der Waals surface area contributed by atoms with Crippen molar-refractivity contribution in [1.29, 1.82) is 5.26 Å². The van der Waals surface area contributed by atoms with Crippen molar-refractivity contribution < 1.29 is 9.18 Å². The summed E-state index contributed by atoms with van der Waals surface area (Å²) in [6.45, 7) is 6.89. The summed E-state index contributed by atoms with van der Waals surface area (Å²) in [5, 5.41) is 12.0. The minimum Gasteiger partial charge on any atom is -0.316 e. The third kappa shape index (κ3) is 4.09. The number of carbonyl (C=O) groups excluding carboxylic acids is 1. The normalized spacial score (nSPS) is 11.1. The number of amides is 1. The predicted molar refractivity (Wildman–Crippen MR) is 106 cm³/mol. The van der Waals surface area contributed by atoms with Crippen LogP contribution in [0.2, 0.25) is 0 Å². The molecule has 0 fully saturated rings. The summed E-state index contributed by atoms with van der Waals surface area (Å²) in [5.41, 5.74) is 2.41. The lowest BCUT2D eigenvalue weighted by atomic mass is 9.87. The van der Waals surface area contributed by atoms with Crippen LogP contribution in [0.1, 0.15) is 48.0 Å². The van der Waals surface area contributed by atoms with Crippen LogP contribution in [0.5, 0.6) is 0 Å². The van der Waals surface area contributed by atoms with Crippen LogP contribution in [-0.4, -0.2) is 15.5 Å². The van der Waals surface area contributed by atoms with E-state index >= 15 is 0 Å². The van der Waals surface area contributed by atoms with Crippen molar-refractivity contribution in [2.24, 2.45) is 0 Å². The molecule has 28 heavy (non-hydrogen) atoms. The lowest BCUT2D eigenvalue weighted by Crippen LogP contribution is -2.15. The molecular weight excluding hydrogens is 355 g/mol. The molecule has 2 aromatic carbocycles. The molecule has 0 saturated carbocycles. The molecule has 0 aliphatic rings. The van der Waals surface area contributed by atoms with Gasteiger partial charge in [-0.1, -0.05) is 57.2 Å². The standard InChI is InChI=1S/C22H21FN4O/c1-22(2,3)16-10-8-15(9-11-16)13-27-14-25-20(19(27)12-24)26-21(28)17-6-4-5-7-18(17)23/h4-11,14H,13H2,1-3H3,(H,26,28). The smallest absolute Gasteiger partial charge is 0.259 e. The molecule has 1 N–H and O–H groups in total. The van der Waals surface area contributed by atoms with Gasteiger partial charge in [-0.05, 0) is 28.7 Å². The lowest BCUT2D eigenvalue weighted by molar-refractivity contribution is 0.102. The molecule has 1 aromatic heterocycles. The number of nitrogens with one attached hydrogen (secondary N) is 1. The van der Waals surface area contributed by atoms with Gasteiger partial charge in [-0.25, -0.2) is 9.37 Å². The molecule has 0 bridgehead atoms. The van der Waals surface area contributed by atoms with Gasteiger partial charge < -0.3 is 9.88 Å². The maximum absolute atomic E-state index is 13.8. The van der Waals surface area contributed by atoms with Gasteiger partial charge in [0.05, 0.1) is 11.9 Å². The first-order valence-corrected chi connectivity index (χ1v) is 8.90. The van der Waals surface area contributed by atoms with Crippen LogP contribution < -0.4 is 5.32 Å². The van der Waals surface area contributed by atoms with Crippen molar-refractivity contribution in [3.8, 4) is 6.07 Å². The zero-order valence-electron chi connectivity index (χ0n) is 16.0. The Balaban J connectivity index is 1.80. The largest absolute Gasteiger partial charge is 0.316 e. The van der Waals surface area contributed by atoms with Gasteiger partial charge in [-0.3, -0.25) is 4.79 Å². The summed E-state index contributed by atoms with van der Waals surface area (Å²) in [6.07, 6.45) is 1.49. The second kappa shape index (κ2) is 7.65. The van der Waals surface area contributed by atoms with Crippen molar-refractivity contribution in [2.75, 3.05) is 5.32 Å². The Labute approximate surface area is 163 Å². The Hall–Kier alpha value is -3.46. The van der Waals surface area contributed by atoms with E-state index in [-0.39, 0.29) is 22.5 Å². The summed E-state index contributed by atoms with van der Waals surface area (Å²) in [5.74, 6) is -1.16. The summed E-state index contributed by atoms with van der Waals surface area (Å²) >= 11 is 0. The van der Waals surface area contributed by atoms with E-state index in [9.17, 15) is 14.4 Å². The number of aromatic nitrogens is 2. The number of hydrogen-bond acceptors (Lipinski definition) is 3. The van der Waals surface area contributed by atoms with Crippen LogP contribution in [0.25, 0.3) is 0 Å². The fourth-order valence-corrected chi connectivity index (χ4v) is 2.84. The molecule has 0 atom stereocenters. The van der Waals surface area contributed by atoms with Gasteiger partial charge in [0.15, 0.2) is 11.5 Å². The predicted octanol–water partition coefficient (Wildman–Crippen LogP) is 4.49. The molecule has 0 unspecified atom stereocenters. The highest BCUT2D eigenvalue weighted by molar-refractivity contribution is 6.04. The Kier molecular flexibility index (Phi) is 5.27. The van der Waals surface area contributed by atoms with Crippen LogP contribution >= 0.6 is 0 Å². The number of nitriles is 1. The molecule has 3 rings (SSSR count). The van der Waals surface area contributed by atoms with Crippen LogP contribution in [0.3, 0.4) is 0 Å². The number of rotatable bonds is 4. The van der Waals surface area contributed by atoms with Gasteiger partial charge in [-0.2, -0.15) is 5.26 Å². The molecule has 0 spiro atoms. The van der Waals surface area contributed by atoms with E-state index in [1.54, 1.807) is 10.6 Å². The molecule has 1 heterocycles. The number of benzene rings is 2. The number of imidazole rings is 1. The van der Waals surface area contributed by atoms with E-state index in [1.807, 2.05) is 12.1 Å². The first-order chi connectivity index (χ1) is 13.3. The highest BCUT2D eigenvalue weighted by Gasteiger charge is 2.17. The zero-order valence-corrected chi connectivity index (χ0v) is 16.0. The Bertz CT molecular complexity index is 1040. The first-order valence-electron chi connectivity index (χ1n) is 8.90. The van der Waals surface area contributed by atoms with Gasteiger partial charge in [0, 0.05) is 6.54 Å². The number of hydrogen-bond donors (Lipinski definition) is 1. The average molecular weight is 376 g/mol. The Morgan fingerprint density at radius 3 is 2.46 bits per heavy atom. The molecule has 0 saturated heterocycles. The second-order valence-electron chi connectivity index (χ2n) is 7.56. The monoisotopic (exact) mass is 376 g/mol. The van der Waals surface area contributed by atoms with E-state index < -0.39 is 11.7 Å². The molecule has 1 amide bonds. The zero-order chi connectivity index (χ0) is 20.3. The van der Waals surface area contributed by atoms with Crippen LogP contribution in [-0.2, 0) is 12.0 Å². The van der Waals surface area contributed by atoms with Gasteiger partial charge in [0.1, 0.15) is 11.9 Å². The van der Waals surface area contributed by atoms with Gasteiger partial charge >= 0.3 is 0 Å². The van der Waals surface area contributed by atoms with Gasteiger partial charge in [0.2, 0.25) is 0 Å². The third-order valence-corrected chi connectivity index (χ3v) is 4.47.